The Morgan fingerprint density at radius 3 is 2.06 bits per heavy atom. The molecule has 1 aliphatic heterocycles. The van der Waals surface area contributed by atoms with Gasteiger partial charge in [0.15, 0.2) is 4.32 Å². The molecule has 3 aromatic rings. The van der Waals surface area contributed by atoms with Gasteiger partial charge in [-0.25, -0.2) is 0 Å². The van der Waals surface area contributed by atoms with Crippen molar-refractivity contribution in [3.05, 3.63) is 93.8 Å². The van der Waals surface area contributed by atoms with Crippen molar-refractivity contribution in [3.8, 4) is 11.5 Å². The number of hydrogen-bond donors (Lipinski definition) is 0. The van der Waals surface area contributed by atoms with Crippen LogP contribution in [0.25, 0.3) is 6.08 Å². The van der Waals surface area contributed by atoms with Crippen LogP contribution in [0, 0.1) is 0 Å². The van der Waals surface area contributed by atoms with E-state index in [9.17, 15) is 4.79 Å². The molecule has 156 valence electrons. The van der Waals surface area contributed by atoms with Gasteiger partial charge in [-0.15, -0.1) is 0 Å². The number of rotatable bonds is 7. The highest BCUT2D eigenvalue weighted by atomic mass is 79.9. The minimum atomic E-state index is -0.105. The van der Waals surface area contributed by atoms with Gasteiger partial charge in [0.05, 0.1) is 10.6 Å². The van der Waals surface area contributed by atoms with Gasteiger partial charge in [-0.05, 0) is 60.2 Å². The summed E-state index contributed by atoms with van der Waals surface area (Å²) in [7, 11) is 0. The molecule has 1 fully saturated rings. The monoisotopic (exact) mass is 511 g/mol. The van der Waals surface area contributed by atoms with Crippen LogP contribution in [-0.4, -0.2) is 23.4 Å². The summed E-state index contributed by atoms with van der Waals surface area (Å²) in [5, 5.41) is 0. The molecular weight excluding hydrogens is 494 g/mol. The fourth-order valence-electron chi connectivity index (χ4n) is 2.93. The molecule has 0 N–H and O–H groups in total. The molecule has 0 atom stereocenters. The first-order valence-corrected chi connectivity index (χ1v) is 11.6. The molecule has 4 rings (SSSR count). The number of amides is 1. The van der Waals surface area contributed by atoms with Gasteiger partial charge in [0.25, 0.3) is 5.91 Å². The van der Waals surface area contributed by atoms with Crippen molar-refractivity contribution >= 4 is 61.9 Å². The van der Waals surface area contributed by atoms with Crippen LogP contribution in [0.5, 0.6) is 11.5 Å². The molecule has 31 heavy (non-hydrogen) atoms. The van der Waals surface area contributed by atoms with Gasteiger partial charge in [-0.3, -0.25) is 9.69 Å². The molecule has 0 aliphatic carbocycles. The fraction of sp³-hybridized carbons (Fsp3) is 0.0833. The summed E-state index contributed by atoms with van der Waals surface area (Å²) in [5.41, 5.74) is 1.69. The zero-order chi connectivity index (χ0) is 21.6. The van der Waals surface area contributed by atoms with Gasteiger partial charge in [-0.1, -0.05) is 70.2 Å². The van der Waals surface area contributed by atoms with Crippen molar-refractivity contribution in [3.63, 3.8) is 0 Å². The number of benzene rings is 3. The minimum Gasteiger partial charge on any atom is -0.490 e. The summed E-state index contributed by atoms with van der Waals surface area (Å²) >= 11 is 10.1. The number of hydrogen-bond acceptors (Lipinski definition) is 5. The number of carbonyl (C=O) groups is 1. The average Bonchev–Trinajstić information content (AvgIpc) is 3.07. The number of para-hydroxylation sites is 1. The smallest absolute Gasteiger partial charge is 0.270 e. The molecule has 0 unspecified atom stereocenters. The lowest BCUT2D eigenvalue weighted by Gasteiger charge is -2.13. The predicted molar refractivity (Wildman–Crippen MR) is 134 cm³/mol. The predicted octanol–water partition coefficient (Wildman–Crippen LogP) is 6.31. The Morgan fingerprint density at radius 1 is 0.871 bits per heavy atom. The maximum atomic E-state index is 12.8. The van der Waals surface area contributed by atoms with E-state index in [-0.39, 0.29) is 5.91 Å². The molecule has 0 radical (unpaired) electrons. The Morgan fingerprint density at radius 2 is 1.45 bits per heavy atom. The molecule has 0 saturated carbocycles. The molecule has 0 aromatic heterocycles. The summed E-state index contributed by atoms with van der Waals surface area (Å²) in [6.07, 6.45) is 1.85. The molecule has 3 aromatic carbocycles. The number of halogens is 1. The number of ether oxygens (including phenoxy) is 2. The van der Waals surface area contributed by atoms with E-state index in [2.05, 4.69) is 15.9 Å². The first-order valence-electron chi connectivity index (χ1n) is 9.54. The second-order valence-corrected chi connectivity index (χ2v) is 9.16. The Hall–Kier alpha value is -2.61. The summed E-state index contributed by atoms with van der Waals surface area (Å²) in [5.74, 6) is 1.44. The molecule has 0 spiro atoms. The normalized spacial score (nSPS) is 14.9. The average molecular weight is 512 g/mol. The lowest BCUT2D eigenvalue weighted by atomic mass is 10.2. The molecule has 1 saturated heterocycles. The highest BCUT2D eigenvalue weighted by Crippen LogP contribution is 2.36. The Bertz CT molecular complexity index is 1100. The van der Waals surface area contributed by atoms with E-state index in [4.69, 9.17) is 21.7 Å². The maximum absolute atomic E-state index is 12.8. The van der Waals surface area contributed by atoms with Gasteiger partial charge in [0.2, 0.25) is 0 Å². The number of anilines is 1. The SMILES string of the molecule is O=C1/C(=C/c2ccc(OCCOc3ccc(Br)cc3)cc2)SC(=S)N1c1ccccc1. The number of carbonyl (C=O) groups excluding carboxylic acids is 1. The Kier molecular flexibility index (Phi) is 7.06. The fourth-order valence-corrected chi connectivity index (χ4v) is 4.49. The largest absolute Gasteiger partial charge is 0.490 e. The molecule has 1 aliphatic rings. The zero-order valence-corrected chi connectivity index (χ0v) is 19.6. The maximum Gasteiger partial charge on any atom is 0.270 e. The van der Waals surface area contributed by atoms with Gasteiger partial charge >= 0.3 is 0 Å². The van der Waals surface area contributed by atoms with Crippen molar-refractivity contribution in [2.45, 2.75) is 0 Å². The minimum absolute atomic E-state index is 0.105. The van der Waals surface area contributed by atoms with E-state index in [0.717, 1.165) is 27.2 Å². The molecular formula is C24H18BrNO3S2. The van der Waals surface area contributed by atoms with E-state index in [0.29, 0.717) is 22.4 Å². The van der Waals surface area contributed by atoms with Crippen LogP contribution in [0.3, 0.4) is 0 Å². The van der Waals surface area contributed by atoms with Gasteiger partial charge in [0.1, 0.15) is 24.7 Å². The molecule has 4 nitrogen and oxygen atoms in total. The Balaban J connectivity index is 1.33. The number of thioether (sulfide) groups is 1. The third kappa shape index (κ3) is 5.55. The summed E-state index contributed by atoms with van der Waals surface area (Å²) < 4.78 is 12.9. The standard InChI is InChI=1S/C24H18BrNO3S2/c25-18-8-12-21(13-9-18)29-15-14-28-20-10-6-17(7-11-20)16-22-23(27)26(24(30)31-22)19-4-2-1-3-5-19/h1-13,16H,14-15H2/b22-16-. The van der Waals surface area contributed by atoms with Crippen LogP contribution in [0.2, 0.25) is 0 Å². The van der Waals surface area contributed by atoms with Gasteiger partial charge < -0.3 is 9.47 Å². The second kappa shape index (κ2) is 10.1. The van der Waals surface area contributed by atoms with Crippen molar-refractivity contribution in [2.24, 2.45) is 0 Å². The highest BCUT2D eigenvalue weighted by molar-refractivity contribution is 9.10. The van der Waals surface area contributed by atoms with Crippen LogP contribution in [0.15, 0.2) is 88.2 Å². The summed E-state index contributed by atoms with van der Waals surface area (Å²) in [6, 6.07) is 24.7. The van der Waals surface area contributed by atoms with E-state index >= 15 is 0 Å². The third-order valence-electron chi connectivity index (χ3n) is 4.42. The van der Waals surface area contributed by atoms with Crippen molar-refractivity contribution in [1.82, 2.24) is 0 Å². The van der Waals surface area contributed by atoms with Gasteiger partial charge in [0, 0.05) is 4.47 Å². The van der Waals surface area contributed by atoms with Gasteiger partial charge in [-0.2, -0.15) is 0 Å². The van der Waals surface area contributed by atoms with Crippen LogP contribution in [0.1, 0.15) is 5.56 Å². The quantitative estimate of drug-likeness (QED) is 0.211. The topological polar surface area (TPSA) is 38.8 Å². The number of nitrogens with zero attached hydrogens (tertiary/aromatic N) is 1. The van der Waals surface area contributed by atoms with Crippen LogP contribution < -0.4 is 14.4 Å². The van der Waals surface area contributed by atoms with E-state index in [1.807, 2.05) is 84.9 Å². The zero-order valence-electron chi connectivity index (χ0n) is 16.4. The summed E-state index contributed by atoms with van der Waals surface area (Å²) in [4.78, 5) is 15.0. The first-order chi connectivity index (χ1) is 15.1. The lowest BCUT2D eigenvalue weighted by Crippen LogP contribution is -2.27. The van der Waals surface area contributed by atoms with Crippen LogP contribution in [-0.2, 0) is 4.79 Å². The molecule has 1 amide bonds. The summed E-state index contributed by atoms with van der Waals surface area (Å²) in [6.45, 7) is 0.885. The number of thiocarbonyl (C=S) groups is 1. The van der Waals surface area contributed by atoms with E-state index < -0.39 is 0 Å². The van der Waals surface area contributed by atoms with E-state index in [1.54, 1.807) is 4.90 Å². The Labute approximate surface area is 199 Å². The molecule has 1 heterocycles. The molecule has 0 bridgehead atoms. The lowest BCUT2D eigenvalue weighted by molar-refractivity contribution is -0.113. The third-order valence-corrected chi connectivity index (χ3v) is 6.25. The second-order valence-electron chi connectivity index (χ2n) is 6.57. The van der Waals surface area contributed by atoms with Crippen molar-refractivity contribution in [1.29, 1.82) is 0 Å². The van der Waals surface area contributed by atoms with Crippen LogP contribution >= 0.6 is 39.9 Å². The highest BCUT2D eigenvalue weighted by Gasteiger charge is 2.33. The van der Waals surface area contributed by atoms with Crippen LogP contribution in [0.4, 0.5) is 5.69 Å². The van der Waals surface area contributed by atoms with Crippen molar-refractivity contribution in [2.75, 3.05) is 18.1 Å². The van der Waals surface area contributed by atoms with Crippen molar-refractivity contribution < 1.29 is 14.3 Å². The first kappa shape index (κ1) is 21.6. The van der Waals surface area contributed by atoms with E-state index in [1.165, 1.54) is 11.8 Å². The molecule has 7 heteroatoms.